The minimum absolute atomic E-state index is 0.194. The molecule has 2 nitrogen and oxygen atoms in total. The summed E-state index contributed by atoms with van der Waals surface area (Å²) in [7, 11) is 1.63. The summed E-state index contributed by atoms with van der Waals surface area (Å²) in [5, 5.41) is 10.8. The van der Waals surface area contributed by atoms with E-state index in [2.05, 4.69) is 13.8 Å². The van der Waals surface area contributed by atoms with Gasteiger partial charge in [0.15, 0.2) is 0 Å². The first-order chi connectivity index (χ1) is 7.65. The number of benzene rings is 1. The van der Waals surface area contributed by atoms with Crippen molar-refractivity contribution in [2.75, 3.05) is 13.7 Å². The maximum Gasteiger partial charge on any atom is 0.115 e. The number of methoxy groups -OCH3 is 1. The summed E-state index contributed by atoms with van der Waals surface area (Å²) in [6.45, 7) is 4.56. The molecule has 16 heavy (non-hydrogen) atoms. The van der Waals surface area contributed by atoms with Crippen LogP contribution in [-0.2, 0) is 10.3 Å². The first-order valence-corrected chi connectivity index (χ1v) is 5.92. The summed E-state index contributed by atoms with van der Waals surface area (Å²) in [6.07, 6.45) is 2.06. The third-order valence-corrected chi connectivity index (χ3v) is 3.18. The van der Waals surface area contributed by atoms with Crippen LogP contribution >= 0.6 is 0 Å². The Kier molecular flexibility index (Phi) is 4.97. The maximum atomic E-state index is 10.8. The predicted molar refractivity (Wildman–Crippen MR) is 66.3 cm³/mol. The molecule has 0 heterocycles. The molecule has 0 aromatic heterocycles. The maximum absolute atomic E-state index is 10.8. The highest BCUT2D eigenvalue weighted by atomic mass is 16.5. The van der Waals surface area contributed by atoms with E-state index in [-0.39, 0.29) is 5.92 Å². The van der Waals surface area contributed by atoms with E-state index in [9.17, 15) is 5.11 Å². The Hall–Kier alpha value is -0.860. The van der Waals surface area contributed by atoms with E-state index in [0.717, 1.165) is 18.4 Å². The first-order valence-electron chi connectivity index (χ1n) is 5.92. The monoisotopic (exact) mass is 222 g/mol. The van der Waals surface area contributed by atoms with Crippen molar-refractivity contribution >= 4 is 0 Å². The zero-order chi connectivity index (χ0) is 12.0. The van der Waals surface area contributed by atoms with Crippen molar-refractivity contribution in [3.8, 4) is 0 Å². The van der Waals surface area contributed by atoms with Gasteiger partial charge in [-0.3, -0.25) is 0 Å². The lowest BCUT2D eigenvalue weighted by atomic mass is 9.80. The molecule has 0 bridgehead atoms. The van der Waals surface area contributed by atoms with E-state index in [4.69, 9.17) is 4.74 Å². The molecular weight excluding hydrogens is 200 g/mol. The van der Waals surface area contributed by atoms with Crippen LogP contribution in [0.4, 0.5) is 0 Å². The second-order valence-corrected chi connectivity index (χ2v) is 4.41. The molecule has 1 N–H and O–H groups in total. The average Bonchev–Trinajstić information content (AvgIpc) is 2.30. The van der Waals surface area contributed by atoms with E-state index in [0.29, 0.717) is 6.61 Å². The Morgan fingerprint density at radius 3 is 2.44 bits per heavy atom. The molecule has 0 aliphatic heterocycles. The van der Waals surface area contributed by atoms with Gasteiger partial charge >= 0.3 is 0 Å². The van der Waals surface area contributed by atoms with Gasteiger partial charge in [-0.25, -0.2) is 0 Å². The largest absolute Gasteiger partial charge is 0.382 e. The van der Waals surface area contributed by atoms with Crippen molar-refractivity contribution in [1.29, 1.82) is 0 Å². The van der Waals surface area contributed by atoms with Crippen LogP contribution in [0.1, 0.15) is 32.3 Å². The lowest BCUT2D eigenvalue weighted by Gasteiger charge is -2.34. The molecule has 0 aliphatic carbocycles. The first kappa shape index (κ1) is 13.2. The number of ether oxygens (including phenoxy) is 1. The van der Waals surface area contributed by atoms with Crippen LogP contribution in [-0.4, -0.2) is 18.8 Å². The number of hydrogen-bond donors (Lipinski definition) is 1. The Labute approximate surface area is 98.3 Å². The Bertz CT molecular complexity index is 297. The topological polar surface area (TPSA) is 29.5 Å². The molecule has 0 aliphatic rings. The Morgan fingerprint density at radius 1 is 1.31 bits per heavy atom. The van der Waals surface area contributed by atoms with Crippen molar-refractivity contribution in [2.24, 2.45) is 5.92 Å². The third-order valence-electron chi connectivity index (χ3n) is 3.18. The Balaban J connectivity index is 2.96. The SMILES string of the molecule is CCCC(C)C(O)(COC)c1ccccc1. The van der Waals surface area contributed by atoms with E-state index >= 15 is 0 Å². The fourth-order valence-corrected chi connectivity index (χ4v) is 2.13. The highest BCUT2D eigenvalue weighted by molar-refractivity contribution is 5.23. The van der Waals surface area contributed by atoms with Gasteiger partial charge in [-0.2, -0.15) is 0 Å². The average molecular weight is 222 g/mol. The highest BCUT2D eigenvalue weighted by Crippen LogP contribution is 2.32. The fourth-order valence-electron chi connectivity index (χ4n) is 2.13. The van der Waals surface area contributed by atoms with Gasteiger partial charge in [0.1, 0.15) is 5.60 Å². The van der Waals surface area contributed by atoms with Gasteiger partial charge in [-0.15, -0.1) is 0 Å². The van der Waals surface area contributed by atoms with Gasteiger partial charge in [0.25, 0.3) is 0 Å². The van der Waals surface area contributed by atoms with Crippen molar-refractivity contribution < 1.29 is 9.84 Å². The second kappa shape index (κ2) is 6.02. The quantitative estimate of drug-likeness (QED) is 0.802. The minimum atomic E-state index is -0.869. The number of rotatable bonds is 6. The van der Waals surface area contributed by atoms with Crippen LogP contribution in [0.2, 0.25) is 0 Å². The molecule has 0 saturated heterocycles. The lowest BCUT2D eigenvalue weighted by molar-refractivity contribution is -0.0774. The molecule has 0 spiro atoms. The molecule has 0 fully saturated rings. The standard InChI is InChI=1S/C14H22O2/c1-4-8-12(2)14(15,11-16-3)13-9-6-5-7-10-13/h5-7,9-10,12,15H,4,8,11H2,1-3H3. The Morgan fingerprint density at radius 2 is 1.94 bits per heavy atom. The van der Waals surface area contributed by atoms with Gasteiger partial charge in [-0.05, 0) is 17.9 Å². The molecular formula is C14H22O2. The summed E-state index contributed by atoms with van der Waals surface area (Å²) < 4.78 is 5.18. The number of hydrogen-bond acceptors (Lipinski definition) is 2. The van der Waals surface area contributed by atoms with Gasteiger partial charge in [-0.1, -0.05) is 50.6 Å². The molecule has 0 amide bonds. The molecule has 1 aromatic rings. The van der Waals surface area contributed by atoms with Crippen molar-refractivity contribution in [1.82, 2.24) is 0 Å². The van der Waals surface area contributed by atoms with Crippen LogP contribution in [0.3, 0.4) is 0 Å². The van der Waals surface area contributed by atoms with Gasteiger partial charge in [0, 0.05) is 7.11 Å². The molecule has 2 heteroatoms. The van der Waals surface area contributed by atoms with Crippen molar-refractivity contribution in [3.05, 3.63) is 35.9 Å². The summed E-state index contributed by atoms with van der Waals surface area (Å²) in [6, 6.07) is 9.79. The van der Waals surface area contributed by atoms with Crippen LogP contribution in [0, 0.1) is 5.92 Å². The summed E-state index contributed by atoms with van der Waals surface area (Å²) >= 11 is 0. The van der Waals surface area contributed by atoms with Crippen LogP contribution < -0.4 is 0 Å². The molecule has 2 unspecified atom stereocenters. The molecule has 2 atom stereocenters. The smallest absolute Gasteiger partial charge is 0.115 e. The molecule has 90 valence electrons. The fraction of sp³-hybridized carbons (Fsp3) is 0.571. The normalized spacial score (nSPS) is 16.8. The zero-order valence-corrected chi connectivity index (χ0v) is 10.4. The van der Waals surface area contributed by atoms with E-state index < -0.39 is 5.60 Å². The van der Waals surface area contributed by atoms with Crippen LogP contribution in [0.15, 0.2) is 30.3 Å². The van der Waals surface area contributed by atoms with E-state index in [1.807, 2.05) is 30.3 Å². The lowest BCUT2D eigenvalue weighted by Crippen LogP contribution is -2.38. The predicted octanol–water partition coefficient (Wildman–Crippen LogP) is 2.96. The summed E-state index contributed by atoms with van der Waals surface area (Å²) in [5.41, 5.74) is 0.0734. The van der Waals surface area contributed by atoms with Gasteiger partial charge < -0.3 is 9.84 Å². The summed E-state index contributed by atoms with van der Waals surface area (Å²) in [4.78, 5) is 0. The van der Waals surface area contributed by atoms with Crippen molar-refractivity contribution in [2.45, 2.75) is 32.3 Å². The zero-order valence-electron chi connectivity index (χ0n) is 10.4. The third kappa shape index (κ3) is 2.83. The van der Waals surface area contributed by atoms with E-state index in [1.165, 1.54) is 0 Å². The molecule has 0 saturated carbocycles. The molecule has 1 aromatic carbocycles. The summed E-state index contributed by atoms with van der Waals surface area (Å²) in [5.74, 6) is 0.194. The van der Waals surface area contributed by atoms with Crippen LogP contribution in [0.25, 0.3) is 0 Å². The molecule has 0 radical (unpaired) electrons. The van der Waals surface area contributed by atoms with Crippen molar-refractivity contribution in [3.63, 3.8) is 0 Å². The van der Waals surface area contributed by atoms with Gasteiger partial charge in [0.2, 0.25) is 0 Å². The highest BCUT2D eigenvalue weighted by Gasteiger charge is 2.34. The second-order valence-electron chi connectivity index (χ2n) is 4.41. The van der Waals surface area contributed by atoms with E-state index in [1.54, 1.807) is 7.11 Å². The number of aliphatic hydroxyl groups is 1. The molecule has 1 rings (SSSR count). The van der Waals surface area contributed by atoms with Gasteiger partial charge in [0.05, 0.1) is 6.61 Å². The minimum Gasteiger partial charge on any atom is -0.382 e. The van der Waals surface area contributed by atoms with Crippen LogP contribution in [0.5, 0.6) is 0 Å².